The van der Waals surface area contributed by atoms with Gasteiger partial charge in [-0.2, -0.15) is 0 Å². The van der Waals surface area contributed by atoms with Crippen molar-refractivity contribution in [3.63, 3.8) is 0 Å². The number of nitrogens with two attached hydrogens (primary N) is 1. The highest BCUT2D eigenvalue weighted by Crippen LogP contribution is 2.29. The van der Waals surface area contributed by atoms with Gasteiger partial charge in [-0.3, -0.25) is 4.99 Å². The Labute approximate surface area is 168 Å². The molecule has 8 heteroatoms. The van der Waals surface area contributed by atoms with E-state index in [0.717, 1.165) is 32.5 Å². The molecule has 3 rings (SSSR count). The number of para-hydroxylation sites is 2. The Morgan fingerprint density at radius 2 is 1.86 bits per heavy atom. The van der Waals surface area contributed by atoms with Crippen molar-refractivity contribution in [3.8, 4) is 5.75 Å². The van der Waals surface area contributed by atoms with Crippen LogP contribution in [0.1, 0.15) is 12.0 Å². The first kappa shape index (κ1) is 21.0. The fourth-order valence-corrected chi connectivity index (χ4v) is 3.39. The second-order valence-electron chi connectivity index (χ2n) is 7.09. The topological polar surface area (TPSA) is 62.9 Å². The number of aliphatic imine (C=N–C) groups is 1. The number of benzene rings is 2. The van der Waals surface area contributed by atoms with Gasteiger partial charge in [0, 0.05) is 19.6 Å². The van der Waals surface area contributed by atoms with Gasteiger partial charge in [0.15, 0.2) is 11.7 Å². The summed E-state index contributed by atoms with van der Waals surface area (Å²) in [4.78, 5) is 6.72. The molecule has 29 heavy (non-hydrogen) atoms. The highest BCUT2D eigenvalue weighted by Gasteiger charge is 2.32. The molecule has 3 N–H and O–H groups in total. The molecule has 0 aromatic heterocycles. The summed E-state index contributed by atoms with van der Waals surface area (Å²) in [7, 11) is 0. The van der Waals surface area contributed by atoms with Gasteiger partial charge in [0.1, 0.15) is 0 Å². The summed E-state index contributed by atoms with van der Waals surface area (Å²) in [5.74, 6) is 0.116. The molecule has 0 amide bonds. The van der Waals surface area contributed by atoms with E-state index in [4.69, 9.17) is 5.73 Å². The normalized spacial score (nSPS) is 18.0. The first-order valence-corrected chi connectivity index (χ1v) is 9.57. The number of halogens is 3. The second kappa shape index (κ2) is 9.65. The number of hydrogen-bond donors (Lipinski definition) is 2. The number of rotatable bonds is 7. The molecule has 1 aliphatic heterocycles. The smallest absolute Gasteiger partial charge is 0.404 e. The molecule has 0 aliphatic carbocycles. The number of alkyl halides is 3. The van der Waals surface area contributed by atoms with Crippen molar-refractivity contribution in [2.24, 2.45) is 16.6 Å². The van der Waals surface area contributed by atoms with Gasteiger partial charge in [-0.1, -0.05) is 42.5 Å². The van der Waals surface area contributed by atoms with Crippen molar-refractivity contribution in [2.45, 2.75) is 19.2 Å². The van der Waals surface area contributed by atoms with Crippen molar-refractivity contribution in [1.29, 1.82) is 0 Å². The molecule has 2 aromatic rings. The Kier molecular flexibility index (Phi) is 6.98. The Bertz CT molecular complexity index is 811. The highest BCUT2D eigenvalue weighted by molar-refractivity contribution is 5.93. The molecule has 1 saturated heterocycles. The van der Waals surface area contributed by atoms with Crippen LogP contribution in [0.5, 0.6) is 5.75 Å². The maximum Gasteiger partial charge on any atom is 0.573 e. The van der Waals surface area contributed by atoms with E-state index in [1.807, 2.05) is 18.2 Å². The molecular formula is C21H25F3N4O. The predicted octanol–water partition coefficient (Wildman–Crippen LogP) is 3.88. The van der Waals surface area contributed by atoms with Crippen LogP contribution in [0.3, 0.4) is 0 Å². The molecule has 1 atom stereocenters. The van der Waals surface area contributed by atoms with Gasteiger partial charge in [-0.25, -0.2) is 0 Å². The number of guanidine groups is 1. The predicted molar refractivity (Wildman–Crippen MR) is 108 cm³/mol. The quantitative estimate of drug-likeness (QED) is 0.541. The minimum Gasteiger partial charge on any atom is -0.404 e. The summed E-state index contributed by atoms with van der Waals surface area (Å²) < 4.78 is 41.5. The van der Waals surface area contributed by atoms with E-state index in [0.29, 0.717) is 12.5 Å². The zero-order chi connectivity index (χ0) is 20.7. The lowest BCUT2D eigenvalue weighted by molar-refractivity contribution is -0.274. The van der Waals surface area contributed by atoms with Crippen molar-refractivity contribution in [2.75, 3.05) is 31.5 Å². The Morgan fingerprint density at radius 1 is 1.14 bits per heavy atom. The van der Waals surface area contributed by atoms with Crippen LogP contribution in [0.4, 0.5) is 18.9 Å². The van der Waals surface area contributed by atoms with Crippen LogP contribution >= 0.6 is 0 Å². The first-order valence-electron chi connectivity index (χ1n) is 9.57. The summed E-state index contributed by atoms with van der Waals surface area (Å²) in [6.07, 6.45) is -2.73. The first-order chi connectivity index (χ1) is 13.9. The van der Waals surface area contributed by atoms with E-state index in [2.05, 4.69) is 32.1 Å². The van der Waals surface area contributed by atoms with Crippen LogP contribution in [0.15, 0.2) is 59.6 Å². The molecule has 156 valence electrons. The number of ether oxygens (including phenoxy) is 1. The minimum absolute atomic E-state index is 0.0750. The van der Waals surface area contributed by atoms with Crippen molar-refractivity contribution < 1.29 is 17.9 Å². The van der Waals surface area contributed by atoms with E-state index >= 15 is 0 Å². The number of anilines is 1. The number of hydrogen-bond acceptors (Lipinski definition) is 3. The Morgan fingerprint density at radius 3 is 2.62 bits per heavy atom. The number of nitrogens with zero attached hydrogens (tertiary/aromatic N) is 2. The van der Waals surface area contributed by atoms with Gasteiger partial charge in [0.2, 0.25) is 0 Å². The van der Waals surface area contributed by atoms with E-state index in [1.54, 1.807) is 6.07 Å². The van der Waals surface area contributed by atoms with Gasteiger partial charge in [-0.05, 0) is 43.0 Å². The van der Waals surface area contributed by atoms with Gasteiger partial charge < -0.3 is 20.7 Å². The van der Waals surface area contributed by atoms with Crippen LogP contribution in [0.2, 0.25) is 0 Å². The maximum atomic E-state index is 12.5. The van der Waals surface area contributed by atoms with Gasteiger partial charge >= 0.3 is 6.36 Å². The second-order valence-corrected chi connectivity index (χ2v) is 7.09. The fraction of sp³-hybridized carbons (Fsp3) is 0.381. The minimum atomic E-state index is -4.77. The fourth-order valence-electron chi connectivity index (χ4n) is 3.39. The lowest BCUT2D eigenvalue weighted by Crippen LogP contribution is -2.26. The van der Waals surface area contributed by atoms with E-state index < -0.39 is 6.36 Å². The van der Waals surface area contributed by atoms with E-state index in [-0.39, 0.29) is 17.4 Å². The molecule has 1 unspecified atom stereocenters. The molecule has 1 heterocycles. The molecule has 5 nitrogen and oxygen atoms in total. The van der Waals surface area contributed by atoms with Gasteiger partial charge in [0.25, 0.3) is 0 Å². The van der Waals surface area contributed by atoms with E-state index in [1.165, 1.54) is 23.8 Å². The van der Waals surface area contributed by atoms with Crippen molar-refractivity contribution >= 4 is 11.6 Å². The third kappa shape index (κ3) is 6.98. The number of likely N-dealkylation sites (tertiary alicyclic amines) is 1. The van der Waals surface area contributed by atoms with Crippen LogP contribution < -0.4 is 15.8 Å². The van der Waals surface area contributed by atoms with Crippen molar-refractivity contribution in [1.82, 2.24) is 4.90 Å². The van der Waals surface area contributed by atoms with Crippen LogP contribution in [-0.4, -0.2) is 43.4 Å². The molecule has 2 aromatic carbocycles. The summed E-state index contributed by atoms with van der Waals surface area (Å²) in [5.41, 5.74) is 7.32. The molecule has 0 bridgehead atoms. The zero-order valence-electron chi connectivity index (χ0n) is 16.0. The Balaban J connectivity index is 1.47. The monoisotopic (exact) mass is 406 g/mol. The third-order valence-electron chi connectivity index (χ3n) is 4.82. The SMILES string of the molecule is NC(=NCC1CCN(CCc2ccccc2)C1)Nc1ccccc1OC(F)(F)F. The van der Waals surface area contributed by atoms with Gasteiger partial charge in [-0.15, -0.1) is 13.2 Å². The van der Waals surface area contributed by atoms with Crippen LogP contribution in [0.25, 0.3) is 0 Å². The van der Waals surface area contributed by atoms with Gasteiger partial charge in [0.05, 0.1) is 5.69 Å². The molecule has 1 aliphatic rings. The summed E-state index contributed by atoms with van der Waals surface area (Å²) in [5, 5.41) is 2.70. The summed E-state index contributed by atoms with van der Waals surface area (Å²) >= 11 is 0. The number of nitrogens with one attached hydrogen (secondary N) is 1. The van der Waals surface area contributed by atoms with Crippen molar-refractivity contribution in [3.05, 3.63) is 60.2 Å². The molecule has 0 radical (unpaired) electrons. The highest BCUT2D eigenvalue weighted by atomic mass is 19.4. The molecule has 1 fully saturated rings. The third-order valence-corrected chi connectivity index (χ3v) is 4.82. The average molecular weight is 406 g/mol. The van der Waals surface area contributed by atoms with Crippen LogP contribution in [0, 0.1) is 5.92 Å². The summed E-state index contributed by atoms with van der Waals surface area (Å²) in [6.45, 7) is 3.49. The Hall–Kier alpha value is -2.74. The zero-order valence-corrected chi connectivity index (χ0v) is 16.0. The lowest BCUT2D eigenvalue weighted by atomic mass is 10.1. The summed E-state index contributed by atoms with van der Waals surface area (Å²) in [6, 6.07) is 16.1. The maximum absolute atomic E-state index is 12.5. The van der Waals surface area contributed by atoms with Crippen LogP contribution in [-0.2, 0) is 6.42 Å². The molecule has 0 saturated carbocycles. The average Bonchev–Trinajstić information content (AvgIpc) is 3.14. The molecular weight excluding hydrogens is 381 g/mol. The van der Waals surface area contributed by atoms with E-state index in [9.17, 15) is 13.2 Å². The lowest BCUT2D eigenvalue weighted by Gasteiger charge is -2.16. The standard InChI is InChI=1S/C21H25F3N4O/c22-21(23,24)29-19-9-5-4-8-18(19)27-20(25)26-14-17-11-13-28(15-17)12-10-16-6-2-1-3-7-16/h1-9,17H,10-15H2,(H3,25,26,27). The molecule has 0 spiro atoms. The largest absolute Gasteiger partial charge is 0.573 e.